The van der Waals surface area contributed by atoms with Crippen LogP contribution >= 0.6 is 0 Å². The minimum atomic E-state index is -1.17. The maximum Gasteiger partial charge on any atom is 0.339 e. The Kier molecular flexibility index (Phi) is 4.59. The highest BCUT2D eigenvalue weighted by Crippen LogP contribution is 2.19. The minimum absolute atomic E-state index is 0.128. The van der Waals surface area contributed by atoms with Crippen molar-refractivity contribution in [3.63, 3.8) is 0 Å². The van der Waals surface area contributed by atoms with Gasteiger partial charge in [0.05, 0.1) is 0 Å². The molecule has 0 heterocycles. The largest absolute Gasteiger partial charge is 0.507 e. The Morgan fingerprint density at radius 3 is 2.88 bits per heavy atom. The van der Waals surface area contributed by atoms with E-state index in [1.807, 2.05) is 0 Å². The summed E-state index contributed by atoms with van der Waals surface area (Å²) in [6.45, 7) is 0.367. The highest BCUT2D eigenvalue weighted by Gasteiger charge is 2.08. The molecule has 6 heteroatoms. The van der Waals surface area contributed by atoms with Crippen molar-refractivity contribution in [1.82, 2.24) is 0 Å². The Bertz CT molecular complexity index is 491. The zero-order valence-electron chi connectivity index (χ0n) is 8.95. The quantitative estimate of drug-likeness (QED) is 0.353. The van der Waals surface area contributed by atoms with Crippen LogP contribution in [0.4, 0.5) is 0 Å². The third-order valence-electron chi connectivity index (χ3n) is 2.02. The van der Waals surface area contributed by atoms with Crippen LogP contribution in [0.25, 0.3) is 16.5 Å². The number of rotatable bonds is 5. The molecule has 0 aromatic heterocycles. The number of hydrogen-bond acceptors (Lipinski definition) is 3. The van der Waals surface area contributed by atoms with Crippen LogP contribution in [0.5, 0.6) is 5.75 Å². The molecule has 0 unspecified atom stereocenters. The number of azide groups is 1. The van der Waals surface area contributed by atoms with Crippen molar-refractivity contribution >= 4 is 12.0 Å². The van der Waals surface area contributed by atoms with Crippen molar-refractivity contribution in [2.75, 3.05) is 6.54 Å². The molecule has 0 aliphatic rings. The zero-order valence-corrected chi connectivity index (χ0v) is 8.95. The van der Waals surface area contributed by atoms with Crippen LogP contribution in [-0.4, -0.2) is 22.7 Å². The molecule has 0 aliphatic carbocycles. The van der Waals surface area contributed by atoms with Gasteiger partial charge in [0, 0.05) is 11.5 Å². The van der Waals surface area contributed by atoms with E-state index < -0.39 is 5.97 Å². The predicted molar refractivity (Wildman–Crippen MR) is 62.7 cm³/mol. The molecule has 1 aromatic carbocycles. The standard InChI is InChI=1S/C11H11N3O3/c12-14-13-6-2-1-3-8-4-5-9(11(16)17)10(15)7-8/h1,3-5,7,15H,2,6H2,(H,16,17). The van der Waals surface area contributed by atoms with Gasteiger partial charge < -0.3 is 10.2 Å². The lowest BCUT2D eigenvalue weighted by atomic mass is 10.1. The Hall–Kier alpha value is -2.46. The van der Waals surface area contributed by atoms with E-state index in [9.17, 15) is 9.90 Å². The molecule has 17 heavy (non-hydrogen) atoms. The summed E-state index contributed by atoms with van der Waals surface area (Å²) in [7, 11) is 0. The average molecular weight is 233 g/mol. The van der Waals surface area contributed by atoms with E-state index in [1.165, 1.54) is 12.1 Å². The van der Waals surface area contributed by atoms with Gasteiger partial charge in [-0.1, -0.05) is 23.3 Å². The molecule has 0 bridgehead atoms. The van der Waals surface area contributed by atoms with Crippen LogP contribution in [0, 0.1) is 0 Å². The van der Waals surface area contributed by atoms with Gasteiger partial charge in [-0.05, 0) is 29.6 Å². The van der Waals surface area contributed by atoms with Gasteiger partial charge in [0.1, 0.15) is 11.3 Å². The van der Waals surface area contributed by atoms with Gasteiger partial charge in [-0.2, -0.15) is 0 Å². The summed E-state index contributed by atoms with van der Waals surface area (Å²) in [6, 6.07) is 4.30. The predicted octanol–water partition coefficient (Wildman–Crippen LogP) is 2.80. The number of carboxylic acids is 1. The number of nitrogens with zero attached hydrogens (tertiary/aromatic N) is 3. The summed E-state index contributed by atoms with van der Waals surface area (Å²) >= 11 is 0. The van der Waals surface area contributed by atoms with Crippen molar-refractivity contribution < 1.29 is 15.0 Å². The van der Waals surface area contributed by atoms with Crippen LogP contribution in [0.15, 0.2) is 29.4 Å². The number of carbonyl (C=O) groups is 1. The summed E-state index contributed by atoms with van der Waals surface area (Å²) in [5.41, 5.74) is 8.61. The molecule has 0 radical (unpaired) electrons. The van der Waals surface area contributed by atoms with Gasteiger partial charge in [-0.15, -0.1) is 0 Å². The van der Waals surface area contributed by atoms with E-state index in [0.717, 1.165) is 0 Å². The van der Waals surface area contributed by atoms with E-state index >= 15 is 0 Å². The second-order valence-electron chi connectivity index (χ2n) is 3.23. The lowest BCUT2D eigenvalue weighted by Gasteiger charge is -2.00. The van der Waals surface area contributed by atoms with Crippen molar-refractivity contribution in [1.29, 1.82) is 0 Å². The molecule has 2 N–H and O–H groups in total. The lowest BCUT2D eigenvalue weighted by Crippen LogP contribution is -1.96. The van der Waals surface area contributed by atoms with Gasteiger partial charge in [-0.3, -0.25) is 0 Å². The summed E-state index contributed by atoms with van der Waals surface area (Å²) in [4.78, 5) is 13.3. The molecule has 0 aliphatic heterocycles. The van der Waals surface area contributed by atoms with Crippen LogP contribution in [-0.2, 0) is 0 Å². The molecule has 1 aromatic rings. The summed E-state index contributed by atoms with van der Waals surface area (Å²) in [5, 5.41) is 21.5. The van der Waals surface area contributed by atoms with E-state index in [0.29, 0.717) is 18.5 Å². The third kappa shape index (κ3) is 3.89. The van der Waals surface area contributed by atoms with Gasteiger partial charge in [0.2, 0.25) is 0 Å². The Balaban J connectivity index is 2.70. The maximum absolute atomic E-state index is 10.6. The van der Waals surface area contributed by atoms with Gasteiger partial charge >= 0.3 is 5.97 Å². The summed E-state index contributed by atoms with van der Waals surface area (Å²) in [6.07, 6.45) is 4.09. The fourth-order valence-corrected chi connectivity index (χ4v) is 1.23. The van der Waals surface area contributed by atoms with Crippen LogP contribution in [0.2, 0.25) is 0 Å². The van der Waals surface area contributed by atoms with E-state index in [1.54, 1.807) is 18.2 Å². The molecular weight excluding hydrogens is 222 g/mol. The Morgan fingerprint density at radius 1 is 1.53 bits per heavy atom. The van der Waals surface area contributed by atoms with Gasteiger partial charge in [0.15, 0.2) is 0 Å². The van der Waals surface area contributed by atoms with Crippen molar-refractivity contribution in [2.24, 2.45) is 5.11 Å². The van der Waals surface area contributed by atoms with E-state index in [4.69, 9.17) is 10.6 Å². The number of aromatic carboxylic acids is 1. The second-order valence-corrected chi connectivity index (χ2v) is 3.23. The Morgan fingerprint density at radius 2 is 2.29 bits per heavy atom. The fourth-order valence-electron chi connectivity index (χ4n) is 1.23. The number of benzene rings is 1. The SMILES string of the molecule is [N-]=[N+]=NCCC=Cc1ccc(C(=O)O)c(O)c1. The molecule has 0 fully saturated rings. The van der Waals surface area contributed by atoms with Gasteiger partial charge in [0.25, 0.3) is 0 Å². The van der Waals surface area contributed by atoms with Crippen LogP contribution < -0.4 is 0 Å². The Labute approximate surface area is 97.5 Å². The van der Waals surface area contributed by atoms with Crippen LogP contribution in [0.3, 0.4) is 0 Å². The zero-order chi connectivity index (χ0) is 12.7. The smallest absolute Gasteiger partial charge is 0.339 e. The normalized spacial score (nSPS) is 10.1. The van der Waals surface area contributed by atoms with Crippen molar-refractivity contribution in [3.05, 3.63) is 45.8 Å². The summed E-state index contributed by atoms with van der Waals surface area (Å²) < 4.78 is 0. The first-order chi connectivity index (χ1) is 8.15. The second kappa shape index (κ2) is 6.19. The summed E-state index contributed by atoms with van der Waals surface area (Å²) in [5.74, 6) is -1.43. The van der Waals surface area contributed by atoms with Gasteiger partial charge in [-0.25, -0.2) is 4.79 Å². The van der Waals surface area contributed by atoms with Crippen molar-refractivity contribution in [3.8, 4) is 5.75 Å². The molecule has 0 saturated heterocycles. The van der Waals surface area contributed by atoms with Crippen LogP contribution in [0.1, 0.15) is 22.3 Å². The molecule has 0 spiro atoms. The monoisotopic (exact) mass is 233 g/mol. The number of carboxylic acid groups (broad SMARTS) is 1. The molecule has 1 rings (SSSR count). The maximum atomic E-state index is 10.6. The fraction of sp³-hybridized carbons (Fsp3) is 0.182. The van der Waals surface area contributed by atoms with E-state index in [-0.39, 0.29) is 11.3 Å². The van der Waals surface area contributed by atoms with Crippen molar-refractivity contribution in [2.45, 2.75) is 6.42 Å². The molecular formula is C11H11N3O3. The lowest BCUT2D eigenvalue weighted by molar-refractivity contribution is 0.0694. The average Bonchev–Trinajstić information content (AvgIpc) is 2.28. The molecule has 88 valence electrons. The topological polar surface area (TPSA) is 106 Å². The number of hydrogen-bond donors (Lipinski definition) is 2. The molecule has 0 saturated carbocycles. The number of aromatic hydroxyl groups is 1. The highest BCUT2D eigenvalue weighted by atomic mass is 16.4. The molecule has 6 nitrogen and oxygen atoms in total. The first-order valence-corrected chi connectivity index (χ1v) is 4.89. The molecule has 0 atom stereocenters. The molecule has 0 amide bonds. The first-order valence-electron chi connectivity index (χ1n) is 4.89. The third-order valence-corrected chi connectivity index (χ3v) is 2.02. The highest BCUT2D eigenvalue weighted by molar-refractivity contribution is 5.91. The number of phenols is 1. The minimum Gasteiger partial charge on any atom is -0.507 e. The van der Waals surface area contributed by atoms with E-state index in [2.05, 4.69) is 10.0 Å². The first kappa shape index (κ1) is 12.6.